The molecule has 3 aliphatic heterocycles. The monoisotopic (exact) mass is 932 g/mol. The molecule has 11 N–H and O–H groups in total. The van der Waals surface area contributed by atoms with Crippen LogP contribution in [0.15, 0.2) is 66.7 Å². The average molecular weight is 933 g/mol. The van der Waals surface area contributed by atoms with Crippen LogP contribution >= 0.6 is 0 Å². The largest absolute Gasteiger partial charge is 0.504 e. The molecule has 3 heterocycles. The fourth-order valence-electron chi connectivity index (χ4n) is 7.10. The van der Waals surface area contributed by atoms with E-state index in [4.69, 9.17) is 42.6 Å². The van der Waals surface area contributed by atoms with Crippen LogP contribution in [0.2, 0.25) is 0 Å². The summed E-state index contributed by atoms with van der Waals surface area (Å²) < 4.78 is 51.7. The minimum Gasteiger partial charge on any atom is -0.504 e. The second-order valence-electron chi connectivity index (χ2n) is 15.5. The molecule has 22 heteroatoms. The van der Waals surface area contributed by atoms with Gasteiger partial charge in [-0.3, -0.25) is 0 Å². The van der Waals surface area contributed by atoms with Crippen molar-refractivity contribution in [2.45, 2.75) is 99.4 Å². The molecule has 3 saturated heterocycles. The number of benzene rings is 3. The van der Waals surface area contributed by atoms with Crippen LogP contribution in [-0.2, 0) is 53.9 Å². The molecule has 66 heavy (non-hydrogen) atoms. The van der Waals surface area contributed by atoms with Crippen molar-refractivity contribution in [1.29, 1.82) is 0 Å². The molecule has 3 aromatic carbocycles. The molecule has 0 aliphatic carbocycles. The van der Waals surface area contributed by atoms with Crippen molar-refractivity contribution in [3.63, 3.8) is 0 Å². The molecule has 0 aromatic heterocycles. The number of carbonyl (C=O) groups is 2. The van der Waals surface area contributed by atoms with Crippen LogP contribution in [0.1, 0.15) is 23.6 Å². The van der Waals surface area contributed by atoms with Gasteiger partial charge in [0.05, 0.1) is 33.0 Å². The lowest BCUT2D eigenvalue weighted by molar-refractivity contribution is -0.362. The summed E-state index contributed by atoms with van der Waals surface area (Å²) >= 11 is 0. The third-order valence-electron chi connectivity index (χ3n) is 10.8. The van der Waals surface area contributed by atoms with Gasteiger partial charge in [0.1, 0.15) is 48.8 Å². The fourth-order valence-corrected chi connectivity index (χ4v) is 7.10. The highest BCUT2D eigenvalue weighted by Crippen LogP contribution is 2.34. The lowest BCUT2D eigenvalue weighted by atomic mass is 9.96. The predicted octanol–water partition coefficient (Wildman–Crippen LogP) is -0.574. The van der Waals surface area contributed by atoms with Crippen LogP contribution in [-0.4, -0.2) is 181 Å². The second kappa shape index (κ2) is 22.3. The molecule has 14 atom stereocenters. The summed E-state index contributed by atoms with van der Waals surface area (Å²) in [4.78, 5) is 26.6. The zero-order valence-corrected chi connectivity index (χ0v) is 35.3. The number of hydrogen-bond acceptors (Lipinski definition) is 22. The van der Waals surface area contributed by atoms with Gasteiger partial charge in [-0.25, -0.2) is 9.59 Å². The van der Waals surface area contributed by atoms with E-state index in [9.17, 15) is 65.8 Å². The molecular weight excluding hydrogens is 880 g/mol. The molecule has 3 aromatic rings. The normalized spacial score (nSPS) is 31.5. The van der Waals surface area contributed by atoms with Gasteiger partial charge >= 0.3 is 11.9 Å². The number of aromatic hydroxyl groups is 5. The van der Waals surface area contributed by atoms with E-state index in [1.165, 1.54) is 74.7 Å². The van der Waals surface area contributed by atoms with Crippen LogP contribution < -0.4 is 4.74 Å². The Bertz CT molecular complexity index is 2180. The van der Waals surface area contributed by atoms with Crippen LogP contribution in [0.4, 0.5) is 0 Å². The van der Waals surface area contributed by atoms with Crippen LogP contribution in [0.25, 0.3) is 12.2 Å². The quantitative estimate of drug-likeness (QED) is 0.0486. The topological polar surface area (TPSA) is 340 Å². The SMILES string of the molecule is COc1cc(/C=C/C(=O)O[C@H]2[C@H](OC[C@H]3O[C@@H](OCCc4ccc(O)c(O)c4)[C@H](O)[C@@H](O[C@@H]4O[C@@H](C)[C@H](O)[C@@H](O)[C@H]4O)[C@@H]3OC(=O)/C=C/c3ccc(O)c(O)c3)OC[C@H](O)[C@@H]2O)ccc1O. The molecule has 6 rings (SSSR count). The average Bonchev–Trinajstić information content (AvgIpc) is 3.29. The fraction of sp³-hybridized carbons (Fsp3) is 0.455. The van der Waals surface area contributed by atoms with E-state index in [-0.39, 0.29) is 35.8 Å². The number of methoxy groups -OCH3 is 1. The Hall–Kier alpha value is -5.60. The lowest BCUT2D eigenvalue weighted by Crippen LogP contribution is -2.65. The lowest BCUT2D eigenvalue weighted by Gasteiger charge is -2.47. The van der Waals surface area contributed by atoms with Crippen molar-refractivity contribution < 1.29 is 108 Å². The summed E-state index contributed by atoms with van der Waals surface area (Å²) in [5, 5.41) is 114. The highest BCUT2D eigenvalue weighted by molar-refractivity contribution is 5.88. The molecule has 360 valence electrons. The Morgan fingerprint density at radius 2 is 1.26 bits per heavy atom. The molecule has 3 aliphatic rings. The van der Waals surface area contributed by atoms with Gasteiger partial charge in [-0.15, -0.1) is 0 Å². The van der Waals surface area contributed by atoms with E-state index in [1.54, 1.807) is 0 Å². The number of ether oxygens (including phenoxy) is 9. The van der Waals surface area contributed by atoms with Gasteiger partial charge in [0.15, 0.2) is 65.6 Å². The summed E-state index contributed by atoms with van der Waals surface area (Å²) in [6.45, 7) is -0.0243. The highest BCUT2D eigenvalue weighted by Gasteiger charge is 2.53. The van der Waals surface area contributed by atoms with Crippen molar-refractivity contribution >= 4 is 24.1 Å². The third-order valence-corrected chi connectivity index (χ3v) is 10.8. The Labute approximate surface area is 376 Å². The molecule has 0 radical (unpaired) electrons. The Kier molecular flexibility index (Phi) is 16.8. The van der Waals surface area contributed by atoms with E-state index < -0.39 is 128 Å². The van der Waals surface area contributed by atoms with Gasteiger partial charge in [-0.2, -0.15) is 0 Å². The number of carbonyl (C=O) groups excluding carboxylic acids is 2. The zero-order valence-electron chi connectivity index (χ0n) is 35.3. The Balaban J connectivity index is 1.28. The van der Waals surface area contributed by atoms with Crippen LogP contribution in [0, 0.1) is 0 Å². The highest BCUT2D eigenvalue weighted by atomic mass is 16.8. The first-order valence-corrected chi connectivity index (χ1v) is 20.5. The van der Waals surface area contributed by atoms with E-state index in [0.29, 0.717) is 11.1 Å². The van der Waals surface area contributed by atoms with Gasteiger partial charge < -0.3 is 98.8 Å². The van der Waals surface area contributed by atoms with Crippen LogP contribution in [0.5, 0.6) is 34.5 Å². The number of phenolic OH excluding ortho intramolecular Hbond substituents is 5. The number of rotatable bonds is 16. The van der Waals surface area contributed by atoms with Gasteiger partial charge in [-0.05, 0) is 78.6 Å². The standard InChI is InChI=1S/C44H52O22/c1-20-34(53)36(55)37(56)43(62-20)66-40-38(57)42(59-14-13-23-4-9-25(46)28(49)16-23)63-31(39(40)64-32(51)11-6-21-3-8-24(45)27(48)15-21)19-61-44-41(35(54)29(50)18-60-44)65-33(52)12-7-22-5-10-26(47)30(17-22)58-2/h3-12,15-17,20,29,31,34-50,53-57H,13-14,18-19H2,1-2H3/b11-6+,12-7+/t20-,29-,31+,34-,35-,36+,37+,38+,39+,40+,41+,42+,43-,44-/m0/s1. The summed E-state index contributed by atoms with van der Waals surface area (Å²) in [5.41, 5.74) is 1.17. The first-order chi connectivity index (χ1) is 31.4. The number of esters is 2. The summed E-state index contributed by atoms with van der Waals surface area (Å²) in [7, 11) is 1.34. The molecular formula is C44H52O22. The summed E-state index contributed by atoms with van der Waals surface area (Å²) in [6, 6.07) is 12.0. The van der Waals surface area contributed by atoms with Gasteiger partial charge in [0.2, 0.25) is 0 Å². The van der Waals surface area contributed by atoms with Crippen LogP contribution in [0.3, 0.4) is 0 Å². The predicted molar refractivity (Wildman–Crippen MR) is 221 cm³/mol. The summed E-state index contributed by atoms with van der Waals surface area (Å²) in [6.07, 6.45) is -18.8. The maximum atomic E-state index is 13.5. The molecule has 22 nitrogen and oxygen atoms in total. The molecule has 3 fully saturated rings. The van der Waals surface area contributed by atoms with E-state index in [2.05, 4.69) is 0 Å². The van der Waals surface area contributed by atoms with Crippen molar-refractivity contribution in [2.75, 3.05) is 26.9 Å². The molecule has 0 unspecified atom stereocenters. The van der Waals surface area contributed by atoms with E-state index in [1.807, 2.05) is 0 Å². The number of aliphatic hydroxyl groups is 6. The van der Waals surface area contributed by atoms with Crippen molar-refractivity contribution in [2.24, 2.45) is 0 Å². The Morgan fingerprint density at radius 1 is 0.636 bits per heavy atom. The van der Waals surface area contributed by atoms with E-state index in [0.717, 1.165) is 18.2 Å². The van der Waals surface area contributed by atoms with Gasteiger partial charge in [-0.1, -0.05) is 18.2 Å². The Morgan fingerprint density at radius 3 is 1.91 bits per heavy atom. The zero-order chi connectivity index (χ0) is 47.8. The number of phenols is 5. The maximum Gasteiger partial charge on any atom is 0.331 e. The minimum atomic E-state index is -1.91. The first-order valence-electron chi connectivity index (χ1n) is 20.5. The number of hydrogen-bond donors (Lipinski definition) is 11. The first kappa shape index (κ1) is 49.8. The molecule has 0 spiro atoms. The third kappa shape index (κ3) is 12.2. The molecule has 0 bridgehead atoms. The van der Waals surface area contributed by atoms with Gasteiger partial charge in [0, 0.05) is 12.2 Å². The van der Waals surface area contributed by atoms with Crippen molar-refractivity contribution in [1.82, 2.24) is 0 Å². The minimum absolute atomic E-state index is 0.0904. The van der Waals surface area contributed by atoms with E-state index >= 15 is 0 Å². The van der Waals surface area contributed by atoms with Crippen molar-refractivity contribution in [3.8, 4) is 34.5 Å². The summed E-state index contributed by atoms with van der Waals surface area (Å²) in [5.74, 6) is -3.81. The maximum absolute atomic E-state index is 13.5. The molecule has 0 saturated carbocycles. The van der Waals surface area contributed by atoms with Gasteiger partial charge in [0.25, 0.3) is 0 Å². The molecule has 0 amide bonds. The smallest absolute Gasteiger partial charge is 0.331 e. The second-order valence-corrected chi connectivity index (χ2v) is 15.5. The van der Waals surface area contributed by atoms with Crippen molar-refractivity contribution in [3.05, 3.63) is 83.4 Å². The number of aliphatic hydroxyl groups excluding tert-OH is 6.